The number of hydrogen-bond donors (Lipinski definition) is 2. The summed E-state index contributed by atoms with van der Waals surface area (Å²) in [6.07, 6.45) is 5.20. The number of allylic oxidation sites excluding steroid dienone is 1. The Morgan fingerprint density at radius 2 is 2.05 bits per heavy atom. The Kier molecular flexibility index (Phi) is 3.96. The molecular weight excluding hydrogens is 274 g/mol. The summed E-state index contributed by atoms with van der Waals surface area (Å²) in [5, 5.41) is 12.6. The molecule has 0 amide bonds. The van der Waals surface area contributed by atoms with Crippen LogP contribution in [0.25, 0.3) is 6.08 Å². The number of anilines is 1. The molecule has 0 saturated carbocycles. The quantitative estimate of drug-likeness (QED) is 0.889. The largest absolute Gasteiger partial charge is 0.478 e. The lowest BCUT2D eigenvalue weighted by atomic mass is 9.84. The Hall–Kier alpha value is -2.55. The number of aromatic carboxylic acids is 1. The molecule has 1 aliphatic carbocycles. The molecule has 0 radical (unpaired) electrons. The van der Waals surface area contributed by atoms with Crippen molar-refractivity contribution in [2.45, 2.75) is 19.3 Å². The van der Waals surface area contributed by atoms with Gasteiger partial charge in [-0.1, -0.05) is 48.6 Å². The Bertz CT molecular complexity index is 734. The fraction of sp³-hybridized carbons (Fsp3) is 0.211. The third-order valence-corrected chi connectivity index (χ3v) is 4.08. The molecule has 1 atom stereocenters. The second-order valence-corrected chi connectivity index (χ2v) is 5.47. The average Bonchev–Trinajstić information content (AvgIpc) is 2.54. The van der Waals surface area contributed by atoms with E-state index in [1.807, 2.05) is 31.2 Å². The molecule has 2 N–H and O–H groups in total. The highest BCUT2D eigenvalue weighted by molar-refractivity contribution is 5.95. The lowest BCUT2D eigenvalue weighted by Gasteiger charge is -2.23. The number of fused-ring (bicyclic) bond motifs is 1. The van der Waals surface area contributed by atoms with Gasteiger partial charge >= 0.3 is 5.97 Å². The van der Waals surface area contributed by atoms with Gasteiger partial charge in [0, 0.05) is 12.5 Å². The van der Waals surface area contributed by atoms with E-state index in [0.717, 1.165) is 17.7 Å². The highest BCUT2D eigenvalue weighted by Gasteiger charge is 2.21. The van der Waals surface area contributed by atoms with Gasteiger partial charge in [0.15, 0.2) is 0 Å². The molecule has 3 rings (SSSR count). The van der Waals surface area contributed by atoms with Crippen molar-refractivity contribution in [3.63, 3.8) is 0 Å². The van der Waals surface area contributed by atoms with Crippen molar-refractivity contribution in [1.82, 2.24) is 0 Å². The number of carboxylic acids is 1. The number of hydrogen-bond acceptors (Lipinski definition) is 2. The van der Waals surface area contributed by atoms with Crippen LogP contribution in [0.15, 0.2) is 48.5 Å². The van der Waals surface area contributed by atoms with Crippen LogP contribution in [0, 0.1) is 0 Å². The van der Waals surface area contributed by atoms with Crippen LogP contribution in [0.3, 0.4) is 0 Å². The van der Waals surface area contributed by atoms with Crippen LogP contribution >= 0.6 is 0 Å². The van der Waals surface area contributed by atoms with Gasteiger partial charge in [-0.3, -0.25) is 0 Å². The number of para-hydroxylation sites is 1. The first-order chi connectivity index (χ1) is 10.7. The van der Waals surface area contributed by atoms with Crippen LogP contribution in [-0.4, -0.2) is 17.6 Å². The first kappa shape index (κ1) is 14.4. The Labute approximate surface area is 130 Å². The number of nitrogens with one attached hydrogen (secondary N) is 1. The monoisotopic (exact) mass is 293 g/mol. The summed E-state index contributed by atoms with van der Waals surface area (Å²) in [7, 11) is 0. The second kappa shape index (κ2) is 6.06. The summed E-state index contributed by atoms with van der Waals surface area (Å²) in [5.41, 5.74) is 4.68. The molecule has 3 nitrogen and oxygen atoms in total. The summed E-state index contributed by atoms with van der Waals surface area (Å²) >= 11 is 0. The molecule has 0 heterocycles. The molecule has 1 unspecified atom stereocenters. The van der Waals surface area contributed by atoms with Crippen molar-refractivity contribution in [2.24, 2.45) is 0 Å². The predicted octanol–water partition coefficient (Wildman–Crippen LogP) is 4.17. The summed E-state index contributed by atoms with van der Waals surface area (Å²) in [5.74, 6) is -0.693. The van der Waals surface area contributed by atoms with Gasteiger partial charge in [-0.15, -0.1) is 0 Å². The number of carbonyl (C=O) groups is 1. The Morgan fingerprint density at radius 1 is 1.23 bits per heavy atom. The number of benzene rings is 2. The van der Waals surface area contributed by atoms with E-state index in [1.165, 1.54) is 11.1 Å². The van der Waals surface area contributed by atoms with Crippen molar-refractivity contribution in [3.05, 3.63) is 70.8 Å². The lowest BCUT2D eigenvalue weighted by Crippen LogP contribution is -2.13. The van der Waals surface area contributed by atoms with Crippen LogP contribution in [0.5, 0.6) is 0 Å². The van der Waals surface area contributed by atoms with Gasteiger partial charge in [0.25, 0.3) is 0 Å². The highest BCUT2D eigenvalue weighted by atomic mass is 16.4. The molecule has 0 spiro atoms. The summed E-state index contributed by atoms with van der Waals surface area (Å²) in [6.45, 7) is 2.68. The van der Waals surface area contributed by atoms with E-state index < -0.39 is 5.97 Å². The van der Waals surface area contributed by atoms with Crippen molar-refractivity contribution >= 4 is 17.7 Å². The van der Waals surface area contributed by atoms with Crippen LogP contribution in [0.4, 0.5) is 5.69 Å². The molecule has 3 heteroatoms. The second-order valence-electron chi connectivity index (χ2n) is 5.47. The molecule has 0 saturated heterocycles. The minimum absolute atomic E-state index is 0.197. The SMILES string of the molecule is CCNc1c(C(=O)O)cccc1C1C=Cc2ccccc2C1. The van der Waals surface area contributed by atoms with E-state index >= 15 is 0 Å². The van der Waals surface area contributed by atoms with Crippen LogP contribution in [0.2, 0.25) is 0 Å². The van der Waals surface area contributed by atoms with E-state index in [4.69, 9.17) is 0 Å². The zero-order chi connectivity index (χ0) is 15.5. The molecule has 112 valence electrons. The standard InChI is InChI=1S/C19H19NO2/c1-2-20-18-16(8-5-9-17(18)19(21)22)15-11-10-13-6-3-4-7-14(13)12-15/h3-11,15,20H,2,12H2,1H3,(H,21,22). The van der Waals surface area contributed by atoms with Crippen LogP contribution in [-0.2, 0) is 6.42 Å². The van der Waals surface area contributed by atoms with Gasteiger partial charge in [0.2, 0.25) is 0 Å². The van der Waals surface area contributed by atoms with Gasteiger partial charge < -0.3 is 10.4 Å². The van der Waals surface area contributed by atoms with Gasteiger partial charge in [-0.05, 0) is 36.1 Å². The van der Waals surface area contributed by atoms with E-state index in [2.05, 4.69) is 29.6 Å². The summed E-state index contributed by atoms with van der Waals surface area (Å²) in [6, 6.07) is 13.8. The topological polar surface area (TPSA) is 49.3 Å². The van der Waals surface area contributed by atoms with E-state index in [1.54, 1.807) is 6.07 Å². The maximum atomic E-state index is 11.5. The van der Waals surface area contributed by atoms with Gasteiger partial charge in [0.1, 0.15) is 0 Å². The Morgan fingerprint density at radius 3 is 2.82 bits per heavy atom. The van der Waals surface area contributed by atoms with E-state index in [9.17, 15) is 9.90 Å². The fourth-order valence-corrected chi connectivity index (χ4v) is 3.05. The molecule has 0 bridgehead atoms. The minimum atomic E-state index is -0.891. The number of carboxylic acid groups (broad SMARTS) is 1. The minimum Gasteiger partial charge on any atom is -0.478 e. The normalized spacial score (nSPS) is 16.1. The zero-order valence-corrected chi connectivity index (χ0v) is 12.5. The van der Waals surface area contributed by atoms with Crippen LogP contribution in [0.1, 0.15) is 39.9 Å². The first-order valence-electron chi connectivity index (χ1n) is 7.57. The van der Waals surface area contributed by atoms with Crippen molar-refractivity contribution < 1.29 is 9.90 Å². The lowest BCUT2D eigenvalue weighted by molar-refractivity contribution is 0.0698. The molecule has 22 heavy (non-hydrogen) atoms. The Balaban J connectivity index is 2.03. The predicted molar refractivity (Wildman–Crippen MR) is 89.5 cm³/mol. The third kappa shape index (κ3) is 2.62. The van der Waals surface area contributed by atoms with Gasteiger partial charge in [-0.2, -0.15) is 0 Å². The van der Waals surface area contributed by atoms with Gasteiger partial charge in [0.05, 0.1) is 11.3 Å². The summed E-state index contributed by atoms with van der Waals surface area (Å²) < 4.78 is 0. The van der Waals surface area contributed by atoms with Crippen molar-refractivity contribution in [1.29, 1.82) is 0 Å². The molecule has 0 fully saturated rings. The molecule has 0 aliphatic heterocycles. The highest BCUT2D eigenvalue weighted by Crippen LogP contribution is 2.35. The first-order valence-corrected chi connectivity index (χ1v) is 7.57. The molecule has 2 aromatic carbocycles. The summed E-state index contributed by atoms with van der Waals surface area (Å²) in [4.78, 5) is 11.5. The van der Waals surface area contributed by atoms with Gasteiger partial charge in [-0.25, -0.2) is 4.79 Å². The fourth-order valence-electron chi connectivity index (χ4n) is 3.05. The zero-order valence-electron chi connectivity index (χ0n) is 12.5. The molecule has 2 aromatic rings. The number of rotatable bonds is 4. The molecular formula is C19H19NO2. The maximum Gasteiger partial charge on any atom is 0.337 e. The van der Waals surface area contributed by atoms with Crippen molar-refractivity contribution in [2.75, 3.05) is 11.9 Å². The van der Waals surface area contributed by atoms with E-state index in [-0.39, 0.29) is 5.92 Å². The van der Waals surface area contributed by atoms with Crippen LogP contribution < -0.4 is 5.32 Å². The van der Waals surface area contributed by atoms with E-state index in [0.29, 0.717) is 12.1 Å². The molecule has 0 aromatic heterocycles. The third-order valence-electron chi connectivity index (χ3n) is 4.08. The smallest absolute Gasteiger partial charge is 0.337 e. The van der Waals surface area contributed by atoms with Crippen molar-refractivity contribution in [3.8, 4) is 0 Å². The molecule has 1 aliphatic rings. The average molecular weight is 293 g/mol. The maximum absolute atomic E-state index is 11.5.